The zero-order valence-corrected chi connectivity index (χ0v) is 15.3. The molecule has 1 aromatic heterocycles. The van der Waals surface area contributed by atoms with E-state index in [1.807, 2.05) is 20.8 Å². The SMILES string of the molecule is COc1cc(Cl)c(C)cc1NC(=O)C(C)Sc1nc(C)c(C)o1. The summed E-state index contributed by atoms with van der Waals surface area (Å²) >= 11 is 7.34. The second-order valence-corrected chi connectivity index (χ2v) is 6.87. The van der Waals surface area contributed by atoms with Crippen molar-refractivity contribution < 1.29 is 13.9 Å². The Morgan fingerprint density at radius 1 is 1.39 bits per heavy atom. The van der Waals surface area contributed by atoms with E-state index in [0.717, 1.165) is 17.0 Å². The molecule has 0 fully saturated rings. The Morgan fingerprint density at radius 3 is 2.65 bits per heavy atom. The molecule has 0 saturated heterocycles. The van der Waals surface area contributed by atoms with Crippen LogP contribution in [0.25, 0.3) is 0 Å². The first-order valence-corrected chi connectivity index (χ1v) is 8.33. The van der Waals surface area contributed by atoms with Gasteiger partial charge in [0.15, 0.2) is 0 Å². The second kappa shape index (κ2) is 7.27. The third-order valence-corrected chi connectivity index (χ3v) is 4.75. The Kier molecular flexibility index (Phi) is 5.59. The molecular formula is C16H19ClN2O3S. The number of nitrogens with zero attached hydrogens (tertiary/aromatic N) is 1. The molecule has 1 amide bonds. The fourth-order valence-corrected chi connectivity index (χ4v) is 2.85. The summed E-state index contributed by atoms with van der Waals surface area (Å²) in [6.07, 6.45) is 0. The summed E-state index contributed by atoms with van der Waals surface area (Å²) in [5.41, 5.74) is 2.28. The monoisotopic (exact) mass is 354 g/mol. The van der Waals surface area contributed by atoms with E-state index >= 15 is 0 Å². The van der Waals surface area contributed by atoms with Crippen LogP contribution in [-0.2, 0) is 4.79 Å². The number of nitrogens with one attached hydrogen (secondary N) is 1. The van der Waals surface area contributed by atoms with Gasteiger partial charge in [-0.25, -0.2) is 4.98 Å². The molecule has 0 aliphatic carbocycles. The van der Waals surface area contributed by atoms with Crippen LogP contribution < -0.4 is 10.1 Å². The van der Waals surface area contributed by atoms with E-state index in [2.05, 4.69) is 10.3 Å². The number of halogens is 1. The quantitative estimate of drug-likeness (QED) is 0.807. The number of carbonyl (C=O) groups is 1. The largest absolute Gasteiger partial charge is 0.495 e. The molecule has 0 saturated carbocycles. The Balaban J connectivity index is 2.10. The van der Waals surface area contributed by atoms with Crippen molar-refractivity contribution in [1.82, 2.24) is 4.98 Å². The first kappa shape index (κ1) is 17.7. The van der Waals surface area contributed by atoms with E-state index in [-0.39, 0.29) is 11.2 Å². The van der Waals surface area contributed by atoms with Crippen molar-refractivity contribution in [2.24, 2.45) is 0 Å². The number of rotatable bonds is 5. The van der Waals surface area contributed by atoms with Gasteiger partial charge in [-0.15, -0.1) is 0 Å². The van der Waals surface area contributed by atoms with E-state index in [1.54, 1.807) is 19.1 Å². The van der Waals surface area contributed by atoms with Crippen LogP contribution in [-0.4, -0.2) is 23.3 Å². The maximum absolute atomic E-state index is 12.4. The summed E-state index contributed by atoms with van der Waals surface area (Å²) < 4.78 is 10.8. The number of aryl methyl sites for hydroxylation is 3. The average molecular weight is 355 g/mol. The van der Waals surface area contributed by atoms with Crippen LogP contribution in [0.15, 0.2) is 21.8 Å². The summed E-state index contributed by atoms with van der Waals surface area (Å²) in [5.74, 6) is 1.12. The first-order valence-electron chi connectivity index (χ1n) is 7.07. The first-order chi connectivity index (χ1) is 10.8. The molecule has 7 heteroatoms. The minimum Gasteiger partial charge on any atom is -0.495 e. The molecule has 2 aromatic rings. The molecule has 1 atom stereocenters. The summed E-state index contributed by atoms with van der Waals surface area (Å²) in [6, 6.07) is 3.47. The van der Waals surface area contributed by atoms with Crippen molar-refractivity contribution in [2.45, 2.75) is 38.2 Å². The Morgan fingerprint density at radius 2 is 2.09 bits per heavy atom. The van der Waals surface area contributed by atoms with Gasteiger partial charge in [-0.2, -0.15) is 0 Å². The zero-order valence-electron chi connectivity index (χ0n) is 13.7. The molecule has 1 heterocycles. The molecule has 23 heavy (non-hydrogen) atoms. The van der Waals surface area contributed by atoms with E-state index < -0.39 is 0 Å². The van der Waals surface area contributed by atoms with E-state index in [0.29, 0.717) is 21.7 Å². The number of hydrogen-bond donors (Lipinski definition) is 1. The lowest BCUT2D eigenvalue weighted by atomic mass is 10.2. The van der Waals surface area contributed by atoms with Gasteiger partial charge in [0.25, 0.3) is 5.22 Å². The van der Waals surface area contributed by atoms with Crippen molar-refractivity contribution in [3.05, 3.63) is 34.2 Å². The number of methoxy groups -OCH3 is 1. The van der Waals surface area contributed by atoms with Crippen LogP contribution in [0.1, 0.15) is 23.9 Å². The molecule has 1 unspecified atom stereocenters. The van der Waals surface area contributed by atoms with E-state index in [9.17, 15) is 4.79 Å². The highest BCUT2D eigenvalue weighted by Gasteiger charge is 2.20. The molecule has 124 valence electrons. The molecule has 1 aromatic carbocycles. The van der Waals surface area contributed by atoms with E-state index in [4.69, 9.17) is 20.8 Å². The van der Waals surface area contributed by atoms with E-state index in [1.165, 1.54) is 18.9 Å². The van der Waals surface area contributed by atoms with Gasteiger partial charge in [-0.3, -0.25) is 4.79 Å². The molecule has 1 N–H and O–H groups in total. The number of carbonyl (C=O) groups excluding carboxylic acids is 1. The number of benzene rings is 1. The maximum atomic E-state index is 12.4. The van der Waals surface area contributed by atoms with Crippen molar-refractivity contribution in [2.75, 3.05) is 12.4 Å². The number of aromatic nitrogens is 1. The van der Waals surface area contributed by atoms with Crippen LogP contribution in [0, 0.1) is 20.8 Å². The fourth-order valence-electron chi connectivity index (χ4n) is 1.86. The van der Waals surface area contributed by atoms with Gasteiger partial charge < -0.3 is 14.5 Å². The van der Waals surface area contributed by atoms with Crippen molar-refractivity contribution in [3.63, 3.8) is 0 Å². The highest BCUT2D eigenvalue weighted by Crippen LogP contribution is 2.32. The number of amides is 1. The van der Waals surface area contributed by atoms with Crippen LogP contribution >= 0.6 is 23.4 Å². The van der Waals surface area contributed by atoms with Gasteiger partial charge in [0.2, 0.25) is 5.91 Å². The molecule has 2 rings (SSSR count). The number of anilines is 1. The van der Waals surface area contributed by atoms with Gasteiger partial charge in [-0.1, -0.05) is 23.4 Å². The smallest absolute Gasteiger partial charge is 0.256 e. The van der Waals surface area contributed by atoms with Gasteiger partial charge in [0.1, 0.15) is 11.5 Å². The normalized spacial score (nSPS) is 12.1. The molecule has 0 aliphatic heterocycles. The van der Waals surface area contributed by atoms with Gasteiger partial charge in [0, 0.05) is 11.1 Å². The fraction of sp³-hybridized carbons (Fsp3) is 0.375. The Hall–Kier alpha value is -1.66. The molecular weight excluding hydrogens is 336 g/mol. The third-order valence-electron chi connectivity index (χ3n) is 3.39. The number of thioether (sulfide) groups is 1. The van der Waals surface area contributed by atoms with Crippen molar-refractivity contribution in [3.8, 4) is 5.75 Å². The Labute approximate surface area is 144 Å². The van der Waals surface area contributed by atoms with Gasteiger partial charge in [0.05, 0.1) is 23.7 Å². The lowest BCUT2D eigenvalue weighted by Gasteiger charge is -2.14. The van der Waals surface area contributed by atoms with Crippen LogP contribution in [0.5, 0.6) is 5.75 Å². The van der Waals surface area contributed by atoms with Crippen LogP contribution in [0.3, 0.4) is 0 Å². The topological polar surface area (TPSA) is 64.4 Å². The lowest BCUT2D eigenvalue weighted by Crippen LogP contribution is -2.22. The van der Waals surface area contributed by atoms with Gasteiger partial charge in [-0.05, 0) is 39.3 Å². The number of ether oxygens (including phenoxy) is 1. The standard InChI is InChI=1S/C16H19ClN2O3S/c1-8-6-13(14(21-5)7-12(8)17)19-15(20)11(4)23-16-18-9(2)10(3)22-16/h6-7,11H,1-5H3,(H,19,20). The highest BCUT2D eigenvalue weighted by atomic mass is 35.5. The summed E-state index contributed by atoms with van der Waals surface area (Å²) in [5, 5.41) is 3.57. The molecule has 0 radical (unpaired) electrons. The lowest BCUT2D eigenvalue weighted by molar-refractivity contribution is -0.115. The molecule has 0 aliphatic rings. The minimum absolute atomic E-state index is 0.163. The van der Waals surface area contributed by atoms with Crippen molar-refractivity contribution >= 4 is 35.0 Å². The van der Waals surface area contributed by atoms with Crippen LogP contribution in [0.4, 0.5) is 5.69 Å². The minimum atomic E-state index is -0.367. The molecule has 5 nitrogen and oxygen atoms in total. The highest BCUT2D eigenvalue weighted by molar-refractivity contribution is 8.00. The third kappa shape index (κ3) is 4.20. The summed E-state index contributed by atoms with van der Waals surface area (Å²) in [7, 11) is 1.53. The summed E-state index contributed by atoms with van der Waals surface area (Å²) in [4.78, 5) is 16.7. The second-order valence-electron chi connectivity index (χ2n) is 5.17. The zero-order chi connectivity index (χ0) is 17.1. The predicted molar refractivity (Wildman–Crippen MR) is 92.7 cm³/mol. The summed E-state index contributed by atoms with van der Waals surface area (Å²) in [6.45, 7) is 7.38. The number of hydrogen-bond acceptors (Lipinski definition) is 5. The van der Waals surface area contributed by atoms with Crippen molar-refractivity contribution in [1.29, 1.82) is 0 Å². The average Bonchev–Trinajstić information content (AvgIpc) is 2.80. The molecule has 0 bridgehead atoms. The van der Waals surface area contributed by atoms with Crippen LogP contribution in [0.2, 0.25) is 5.02 Å². The molecule has 0 spiro atoms. The Bertz CT molecular complexity index is 711. The predicted octanol–water partition coefficient (Wildman–Crippen LogP) is 4.38. The maximum Gasteiger partial charge on any atom is 0.256 e. The van der Waals surface area contributed by atoms with Gasteiger partial charge >= 0.3 is 0 Å². The number of oxazole rings is 1.